The molecule has 4 nitrogen and oxygen atoms in total. The maximum Gasteiger partial charge on any atom is 0.251 e. The minimum atomic E-state index is -0.254. The summed E-state index contributed by atoms with van der Waals surface area (Å²) in [5, 5.41) is 2.69. The molecule has 2 aromatic carbocycles. The van der Waals surface area contributed by atoms with Gasteiger partial charge in [-0.15, -0.1) is 11.3 Å². The van der Waals surface area contributed by atoms with Gasteiger partial charge < -0.3 is 10.2 Å². The van der Waals surface area contributed by atoms with Crippen molar-refractivity contribution in [2.24, 2.45) is 0 Å². The van der Waals surface area contributed by atoms with E-state index in [0.717, 1.165) is 19.8 Å². The molecule has 1 N–H and O–H groups in total. The van der Waals surface area contributed by atoms with Gasteiger partial charge >= 0.3 is 0 Å². The molecule has 0 fully saturated rings. The fourth-order valence-electron chi connectivity index (χ4n) is 2.60. The SMILES string of the molecule is CN(Cc1ccc(Br)s1)C(=O)CNC(=O)c1ccc(-c2ccccc2)cc1. The lowest BCUT2D eigenvalue weighted by Crippen LogP contribution is -2.37. The number of carbonyl (C=O) groups excluding carboxylic acids is 2. The molecule has 0 aliphatic rings. The van der Waals surface area contributed by atoms with Crippen LogP contribution in [0.3, 0.4) is 0 Å². The molecule has 3 aromatic rings. The smallest absolute Gasteiger partial charge is 0.251 e. The van der Waals surface area contributed by atoms with Gasteiger partial charge in [0.1, 0.15) is 0 Å². The molecule has 138 valence electrons. The first-order valence-electron chi connectivity index (χ1n) is 8.45. The number of thiophene rings is 1. The van der Waals surface area contributed by atoms with Crippen molar-refractivity contribution >= 4 is 39.1 Å². The average Bonchev–Trinajstić information content (AvgIpc) is 3.11. The molecule has 0 saturated carbocycles. The summed E-state index contributed by atoms with van der Waals surface area (Å²) >= 11 is 5.00. The van der Waals surface area contributed by atoms with E-state index in [1.165, 1.54) is 0 Å². The number of amides is 2. The highest BCUT2D eigenvalue weighted by Crippen LogP contribution is 2.23. The van der Waals surface area contributed by atoms with Gasteiger partial charge in [0.05, 0.1) is 16.9 Å². The topological polar surface area (TPSA) is 49.4 Å². The molecule has 3 rings (SSSR count). The Hall–Kier alpha value is -2.44. The molecule has 0 aliphatic heterocycles. The van der Waals surface area contributed by atoms with Crippen molar-refractivity contribution in [1.82, 2.24) is 10.2 Å². The summed E-state index contributed by atoms with van der Waals surface area (Å²) in [6, 6.07) is 21.3. The molecule has 0 saturated heterocycles. The summed E-state index contributed by atoms with van der Waals surface area (Å²) in [6.45, 7) is 0.499. The first-order chi connectivity index (χ1) is 13.0. The Kier molecular flexibility index (Phi) is 6.42. The van der Waals surface area contributed by atoms with E-state index in [2.05, 4.69) is 21.2 Å². The molecule has 0 spiro atoms. The number of hydrogen-bond acceptors (Lipinski definition) is 3. The van der Waals surface area contributed by atoms with Crippen molar-refractivity contribution in [3.8, 4) is 11.1 Å². The van der Waals surface area contributed by atoms with Gasteiger partial charge in [-0.05, 0) is 51.3 Å². The van der Waals surface area contributed by atoms with Crippen LogP contribution in [-0.4, -0.2) is 30.3 Å². The summed E-state index contributed by atoms with van der Waals surface area (Å²) in [5.74, 6) is -0.385. The largest absolute Gasteiger partial charge is 0.343 e. The molecule has 0 unspecified atom stereocenters. The van der Waals surface area contributed by atoms with Gasteiger partial charge in [-0.2, -0.15) is 0 Å². The zero-order valence-electron chi connectivity index (χ0n) is 14.8. The molecule has 0 atom stereocenters. The second-order valence-electron chi connectivity index (χ2n) is 6.08. The van der Waals surface area contributed by atoms with Gasteiger partial charge in [0.25, 0.3) is 5.91 Å². The Morgan fingerprint density at radius 3 is 2.26 bits per heavy atom. The lowest BCUT2D eigenvalue weighted by molar-refractivity contribution is -0.129. The summed E-state index contributed by atoms with van der Waals surface area (Å²) < 4.78 is 1.03. The quantitative estimate of drug-likeness (QED) is 0.607. The number of hydrogen-bond donors (Lipinski definition) is 1. The van der Waals surface area contributed by atoms with Crippen LogP contribution in [0.2, 0.25) is 0 Å². The molecule has 0 bridgehead atoms. The van der Waals surface area contributed by atoms with Gasteiger partial charge in [-0.1, -0.05) is 42.5 Å². The second kappa shape index (κ2) is 8.97. The normalized spacial score (nSPS) is 10.4. The second-order valence-corrected chi connectivity index (χ2v) is 8.63. The first kappa shape index (κ1) is 19.3. The van der Waals surface area contributed by atoms with Crippen LogP contribution < -0.4 is 5.32 Å². The first-order valence-corrected chi connectivity index (χ1v) is 10.1. The van der Waals surface area contributed by atoms with Crippen molar-refractivity contribution in [3.63, 3.8) is 0 Å². The van der Waals surface area contributed by atoms with Crippen LogP contribution in [0.25, 0.3) is 11.1 Å². The summed E-state index contributed by atoms with van der Waals surface area (Å²) in [7, 11) is 1.73. The Labute approximate surface area is 171 Å². The number of halogens is 1. The van der Waals surface area contributed by atoms with Crippen LogP contribution in [0.5, 0.6) is 0 Å². The Morgan fingerprint density at radius 1 is 0.963 bits per heavy atom. The van der Waals surface area contributed by atoms with E-state index in [1.807, 2.05) is 54.6 Å². The van der Waals surface area contributed by atoms with E-state index >= 15 is 0 Å². The van der Waals surface area contributed by atoms with Crippen molar-refractivity contribution in [1.29, 1.82) is 0 Å². The highest BCUT2D eigenvalue weighted by Gasteiger charge is 2.13. The standard InChI is InChI=1S/C21H19BrN2O2S/c1-24(14-18-11-12-19(22)27-18)20(25)13-23-21(26)17-9-7-16(8-10-17)15-5-3-2-4-6-15/h2-12H,13-14H2,1H3,(H,23,26). The van der Waals surface area contributed by atoms with Crippen molar-refractivity contribution < 1.29 is 9.59 Å². The fourth-order valence-corrected chi connectivity index (χ4v) is 4.13. The van der Waals surface area contributed by atoms with E-state index in [9.17, 15) is 9.59 Å². The lowest BCUT2D eigenvalue weighted by atomic mass is 10.0. The summed E-state index contributed by atoms with van der Waals surface area (Å²) in [6.07, 6.45) is 0. The minimum Gasteiger partial charge on any atom is -0.343 e. The van der Waals surface area contributed by atoms with Gasteiger partial charge in [0.2, 0.25) is 5.91 Å². The van der Waals surface area contributed by atoms with Crippen molar-refractivity contribution in [2.75, 3.05) is 13.6 Å². The predicted octanol–water partition coefficient (Wildman–Crippen LogP) is 4.57. The third kappa shape index (κ3) is 5.28. The number of likely N-dealkylation sites (N-methyl/N-ethyl adjacent to an activating group) is 1. The predicted molar refractivity (Wildman–Crippen MR) is 113 cm³/mol. The number of nitrogens with zero attached hydrogens (tertiary/aromatic N) is 1. The summed E-state index contributed by atoms with van der Waals surface area (Å²) in [4.78, 5) is 27.2. The average molecular weight is 443 g/mol. The third-order valence-corrected chi connectivity index (χ3v) is 5.71. The van der Waals surface area contributed by atoms with Crippen LogP contribution in [0.4, 0.5) is 0 Å². The molecule has 0 radical (unpaired) electrons. The highest BCUT2D eigenvalue weighted by atomic mass is 79.9. The van der Waals surface area contributed by atoms with Crippen molar-refractivity contribution in [2.45, 2.75) is 6.54 Å². The number of rotatable bonds is 6. The van der Waals surface area contributed by atoms with Crippen LogP contribution in [-0.2, 0) is 11.3 Å². The van der Waals surface area contributed by atoms with Crippen molar-refractivity contribution in [3.05, 3.63) is 81.0 Å². The van der Waals surface area contributed by atoms with E-state index in [-0.39, 0.29) is 18.4 Å². The zero-order valence-corrected chi connectivity index (χ0v) is 17.2. The van der Waals surface area contributed by atoms with Crippen LogP contribution in [0, 0.1) is 0 Å². The van der Waals surface area contributed by atoms with E-state index in [4.69, 9.17) is 0 Å². The Balaban J connectivity index is 1.53. The van der Waals surface area contributed by atoms with Gasteiger partial charge in [0, 0.05) is 17.5 Å². The van der Waals surface area contributed by atoms with Gasteiger partial charge in [-0.3, -0.25) is 9.59 Å². The van der Waals surface area contributed by atoms with E-state index in [1.54, 1.807) is 35.4 Å². The monoisotopic (exact) mass is 442 g/mol. The Morgan fingerprint density at radius 2 is 1.63 bits per heavy atom. The van der Waals surface area contributed by atoms with Gasteiger partial charge in [0.15, 0.2) is 0 Å². The maximum atomic E-state index is 12.3. The number of benzene rings is 2. The van der Waals surface area contributed by atoms with E-state index < -0.39 is 0 Å². The zero-order chi connectivity index (χ0) is 19.2. The van der Waals surface area contributed by atoms with Crippen LogP contribution in [0.1, 0.15) is 15.2 Å². The van der Waals surface area contributed by atoms with E-state index in [0.29, 0.717) is 12.1 Å². The number of nitrogens with one attached hydrogen (secondary N) is 1. The molecule has 0 aliphatic carbocycles. The van der Waals surface area contributed by atoms with Crippen LogP contribution in [0.15, 0.2) is 70.5 Å². The molecular weight excluding hydrogens is 424 g/mol. The number of carbonyl (C=O) groups is 2. The third-order valence-electron chi connectivity index (χ3n) is 4.10. The van der Waals surface area contributed by atoms with Crippen LogP contribution >= 0.6 is 27.3 Å². The Bertz CT molecular complexity index is 923. The molecule has 2 amide bonds. The fraction of sp³-hybridized carbons (Fsp3) is 0.143. The lowest BCUT2D eigenvalue weighted by Gasteiger charge is -2.16. The molecule has 1 aromatic heterocycles. The molecule has 1 heterocycles. The molecule has 6 heteroatoms. The molecular formula is C21H19BrN2O2S. The minimum absolute atomic E-state index is 0.0255. The highest BCUT2D eigenvalue weighted by molar-refractivity contribution is 9.11. The van der Waals surface area contributed by atoms with Gasteiger partial charge in [-0.25, -0.2) is 0 Å². The maximum absolute atomic E-state index is 12.3. The summed E-state index contributed by atoms with van der Waals surface area (Å²) in [5.41, 5.74) is 2.68. The molecule has 27 heavy (non-hydrogen) atoms.